The molecule has 9 heteroatoms. The van der Waals surface area contributed by atoms with Gasteiger partial charge in [-0.3, -0.25) is 9.59 Å². The van der Waals surface area contributed by atoms with E-state index in [0.29, 0.717) is 41.8 Å². The molecule has 1 aromatic heterocycles. The lowest BCUT2D eigenvalue weighted by molar-refractivity contribution is -0.143. The van der Waals surface area contributed by atoms with Crippen molar-refractivity contribution in [1.29, 1.82) is 0 Å². The number of carbonyl (C=O) groups is 2. The monoisotopic (exact) mass is 558 g/mol. The Morgan fingerprint density at radius 1 is 1.00 bits per heavy atom. The van der Waals surface area contributed by atoms with E-state index in [1.165, 1.54) is 0 Å². The molecule has 0 aliphatic heterocycles. The highest BCUT2D eigenvalue weighted by Gasteiger charge is 2.25. The van der Waals surface area contributed by atoms with Crippen molar-refractivity contribution in [2.45, 2.75) is 39.3 Å². The molecule has 2 amide bonds. The highest BCUT2D eigenvalue weighted by molar-refractivity contribution is 7.09. The van der Waals surface area contributed by atoms with Crippen LogP contribution >= 0.6 is 22.9 Å². The third-order valence-electron chi connectivity index (χ3n) is 6.32. The summed E-state index contributed by atoms with van der Waals surface area (Å²) in [5.41, 5.74) is 1.03. The summed E-state index contributed by atoms with van der Waals surface area (Å²) in [6, 6.07) is 16.5. The zero-order valence-corrected chi connectivity index (χ0v) is 23.9. The molecule has 1 unspecified atom stereocenters. The van der Waals surface area contributed by atoms with Gasteiger partial charge >= 0.3 is 0 Å². The predicted octanol–water partition coefficient (Wildman–Crippen LogP) is 5.70. The fourth-order valence-corrected chi connectivity index (χ4v) is 4.74. The Kier molecular flexibility index (Phi) is 11.3. The Morgan fingerprint density at radius 3 is 2.37 bits per heavy atom. The molecule has 0 aliphatic rings. The van der Waals surface area contributed by atoms with Gasteiger partial charge in [0.25, 0.3) is 5.91 Å². The first-order valence-corrected chi connectivity index (χ1v) is 13.8. The van der Waals surface area contributed by atoms with Crippen LogP contribution in [0.3, 0.4) is 0 Å². The minimum Gasteiger partial charge on any atom is -0.493 e. The van der Waals surface area contributed by atoms with Gasteiger partial charge in [0.1, 0.15) is 12.3 Å². The van der Waals surface area contributed by atoms with Gasteiger partial charge in [0, 0.05) is 22.5 Å². The highest BCUT2D eigenvalue weighted by Crippen LogP contribution is 2.28. The van der Waals surface area contributed by atoms with E-state index in [2.05, 4.69) is 0 Å². The van der Waals surface area contributed by atoms with Gasteiger partial charge in [-0.1, -0.05) is 30.7 Å². The van der Waals surface area contributed by atoms with Gasteiger partial charge in [-0.2, -0.15) is 0 Å². The van der Waals surface area contributed by atoms with Crippen LogP contribution in [0.5, 0.6) is 17.2 Å². The number of nitrogens with zero attached hydrogens (tertiary/aromatic N) is 2. The average Bonchev–Trinajstić information content (AvgIpc) is 3.46. The predicted molar refractivity (Wildman–Crippen MR) is 151 cm³/mol. The van der Waals surface area contributed by atoms with Crippen molar-refractivity contribution in [1.82, 2.24) is 9.80 Å². The van der Waals surface area contributed by atoms with Crippen molar-refractivity contribution < 1.29 is 23.8 Å². The molecule has 38 heavy (non-hydrogen) atoms. The Balaban J connectivity index is 1.71. The first-order chi connectivity index (χ1) is 18.3. The lowest BCUT2D eigenvalue weighted by atomic mass is 10.1. The quantitative estimate of drug-likeness (QED) is 0.254. The van der Waals surface area contributed by atoms with Gasteiger partial charge in [0.2, 0.25) is 5.91 Å². The van der Waals surface area contributed by atoms with E-state index in [9.17, 15) is 9.59 Å². The fourth-order valence-electron chi connectivity index (χ4n) is 3.90. The number of halogens is 1. The molecule has 0 bridgehead atoms. The average molecular weight is 559 g/mol. The topological polar surface area (TPSA) is 68.3 Å². The van der Waals surface area contributed by atoms with Crippen molar-refractivity contribution in [2.75, 3.05) is 33.9 Å². The van der Waals surface area contributed by atoms with E-state index in [-0.39, 0.29) is 31.0 Å². The lowest BCUT2D eigenvalue weighted by Crippen LogP contribution is -2.48. The normalized spacial score (nSPS) is 11.5. The molecule has 3 aromatic rings. The molecule has 0 saturated carbocycles. The number of hydrogen-bond donors (Lipinski definition) is 0. The maximum atomic E-state index is 13.6. The first-order valence-electron chi connectivity index (χ1n) is 12.5. The molecule has 2 aromatic carbocycles. The Labute approximate surface area is 233 Å². The van der Waals surface area contributed by atoms with Crippen LogP contribution in [0.2, 0.25) is 5.02 Å². The summed E-state index contributed by atoms with van der Waals surface area (Å²) < 4.78 is 16.4. The lowest BCUT2D eigenvalue weighted by Gasteiger charge is -2.31. The second-order valence-electron chi connectivity index (χ2n) is 8.86. The molecule has 204 valence electrons. The number of hydrogen-bond acceptors (Lipinski definition) is 6. The van der Waals surface area contributed by atoms with Gasteiger partial charge in [0.15, 0.2) is 18.1 Å². The molecule has 0 fully saturated rings. The Bertz CT molecular complexity index is 1170. The Hall–Kier alpha value is -3.23. The molecule has 1 heterocycles. The third kappa shape index (κ3) is 8.39. The summed E-state index contributed by atoms with van der Waals surface area (Å²) in [7, 11) is 3.20. The standard InChI is InChI=1S/C29H35ClN2O5S/c1-5-21(2)32(29(34)20-37-24-11-9-23(30)10-12-24)19-28(33)31(18-25-7-6-16-38-25)15-14-22-8-13-26(35-3)27(17-22)36-4/h6-13,16-17,21H,5,14-15,18-20H2,1-4H3. The molecule has 0 N–H and O–H groups in total. The number of carbonyl (C=O) groups excluding carboxylic acids is 2. The fraction of sp³-hybridized carbons (Fsp3) is 0.379. The van der Waals surface area contributed by atoms with Crippen molar-refractivity contribution in [2.24, 2.45) is 0 Å². The summed E-state index contributed by atoms with van der Waals surface area (Å²) in [4.78, 5) is 31.2. The van der Waals surface area contributed by atoms with Crippen LogP contribution in [0.1, 0.15) is 30.7 Å². The molecule has 0 aliphatic carbocycles. The smallest absolute Gasteiger partial charge is 0.261 e. The van der Waals surface area contributed by atoms with Crippen LogP contribution in [0, 0.1) is 0 Å². The number of methoxy groups -OCH3 is 2. The van der Waals surface area contributed by atoms with Gasteiger partial charge in [-0.05, 0) is 73.2 Å². The Morgan fingerprint density at radius 2 is 1.74 bits per heavy atom. The van der Waals surface area contributed by atoms with Crippen LogP contribution in [0.25, 0.3) is 0 Å². The van der Waals surface area contributed by atoms with E-state index in [0.717, 1.165) is 16.9 Å². The third-order valence-corrected chi connectivity index (χ3v) is 7.44. The largest absolute Gasteiger partial charge is 0.493 e. The van der Waals surface area contributed by atoms with E-state index in [1.807, 2.05) is 54.5 Å². The van der Waals surface area contributed by atoms with Crippen molar-refractivity contribution in [3.8, 4) is 17.2 Å². The maximum absolute atomic E-state index is 13.6. The second kappa shape index (κ2) is 14.6. The van der Waals surface area contributed by atoms with Crippen molar-refractivity contribution in [3.05, 3.63) is 75.4 Å². The molecular formula is C29H35ClN2O5S. The zero-order chi connectivity index (χ0) is 27.5. The minimum atomic E-state index is -0.237. The van der Waals surface area contributed by atoms with E-state index in [1.54, 1.807) is 54.7 Å². The van der Waals surface area contributed by atoms with Gasteiger partial charge in [0.05, 0.1) is 20.8 Å². The summed E-state index contributed by atoms with van der Waals surface area (Å²) in [5.74, 6) is 1.51. The van der Waals surface area contributed by atoms with E-state index in [4.69, 9.17) is 25.8 Å². The molecule has 0 saturated heterocycles. The van der Waals surface area contributed by atoms with Gasteiger partial charge < -0.3 is 24.0 Å². The maximum Gasteiger partial charge on any atom is 0.261 e. The number of ether oxygens (including phenoxy) is 3. The highest BCUT2D eigenvalue weighted by atomic mass is 35.5. The van der Waals surface area contributed by atoms with Gasteiger partial charge in [-0.15, -0.1) is 11.3 Å². The SMILES string of the molecule is CCC(C)N(CC(=O)N(CCc1ccc(OC)c(OC)c1)Cc1cccs1)C(=O)COc1ccc(Cl)cc1. The van der Waals surface area contributed by atoms with Crippen LogP contribution in [-0.4, -0.2) is 61.6 Å². The van der Waals surface area contributed by atoms with Crippen molar-refractivity contribution >= 4 is 34.8 Å². The van der Waals surface area contributed by atoms with E-state index < -0.39 is 0 Å². The summed E-state index contributed by atoms with van der Waals surface area (Å²) in [6.45, 7) is 4.74. The molecule has 3 rings (SSSR count). The first kappa shape index (κ1) is 29.3. The van der Waals surface area contributed by atoms with E-state index >= 15 is 0 Å². The number of amides is 2. The van der Waals surface area contributed by atoms with Crippen molar-refractivity contribution in [3.63, 3.8) is 0 Å². The molecular weight excluding hydrogens is 524 g/mol. The summed E-state index contributed by atoms with van der Waals surface area (Å²) in [6.07, 6.45) is 1.35. The summed E-state index contributed by atoms with van der Waals surface area (Å²) in [5, 5.41) is 2.59. The van der Waals surface area contributed by atoms with Crippen LogP contribution in [-0.2, 0) is 22.6 Å². The molecule has 1 atom stereocenters. The zero-order valence-electron chi connectivity index (χ0n) is 22.3. The van der Waals surface area contributed by atoms with Crippen LogP contribution in [0.15, 0.2) is 60.0 Å². The number of thiophene rings is 1. The minimum absolute atomic E-state index is 0.0187. The number of benzene rings is 2. The van der Waals surface area contributed by atoms with Gasteiger partial charge in [-0.25, -0.2) is 0 Å². The van der Waals surface area contributed by atoms with Crippen LogP contribution in [0.4, 0.5) is 0 Å². The number of rotatable bonds is 14. The van der Waals surface area contributed by atoms with Crippen LogP contribution < -0.4 is 14.2 Å². The molecule has 0 spiro atoms. The molecule has 7 nitrogen and oxygen atoms in total. The molecule has 0 radical (unpaired) electrons. The second-order valence-corrected chi connectivity index (χ2v) is 10.3. The summed E-state index contributed by atoms with van der Waals surface area (Å²) >= 11 is 7.54.